The zero-order valence-corrected chi connectivity index (χ0v) is 11.6. The quantitative estimate of drug-likeness (QED) is 0.534. The van der Waals surface area contributed by atoms with Gasteiger partial charge >= 0.3 is 0 Å². The molecule has 0 unspecified atom stereocenters. The van der Waals surface area contributed by atoms with Crippen molar-refractivity contribution in [2.24, 2.45) is 5.16 Å². The van der Waals surface area contributed by atoms with E-state index in [-0.39, 0.29) is 23.5 Å². The minimum absolute atomic E-state index is 0.0560. The molecule has 0 fully saturated rings. The number of non-ortho nitro benzene ring substituents is 1. The molecule has 1 aliphatic rings. The predicted octanol–water partition coefficient (Wildman–Crippen LogP) is 2.46. The van der Waals surface area contributed by atoms with Gasteiger partial charge in [-0.05, 0) is 23.8 Å². The number of halogens is 1. The number of nitrogens with zero attached hydrogens (tertiary/aromatic N) is 3. The highest BCUT2D eigenvalue weighted by Gasteiger charge is 2.35. The summed E-state index contributed by atoms with van der Waals surface area (Å²) in [5.41, 5.74) is 0.591. The van der Waals surface area contributed by atoms with E-state index < -0.39 is 16.6 Å². The Morgan fingerprint density at radius 2 is 2.04 bits per heavy atom. The Morgan fingerprint density at radius 3 is 2.70 bits per heavy atom. The number of rotatable bonds is 3. The van der Waals surface area contributed by atoms with E-state index >= 15 is 0 Å². The van der Waals surface area contributed by atoms with Crippen LogP contribution in [0.1, 0.15) is 11.1 Å². The second kappa shape index (κ2) is 5.48. The molecule has 3 rings (SSSR count). The van der Waals surface area contributed by atoms with Gasteiger partial charge < -0.3 is 10.1 Å². The molecule has 0 atom stereocenters. The van der Waals surface area contributed by atoms with Crippen LogP contribution >= 0.6 is 0 Å². The van der Waals surface area contributed by atoms with E-state index in [1.54, 1.807) is 6.07 Å². The minimum Gasteiger partial charge on any atom is -0.410 e. The third kappa shape index (κ3) is 2.50. The van der Waals surface area contributed by atoms with Crippen LogP contribution in [0, 0.1) is 15.9 Å². The molecule has 0 bridgehead atoms. The normalized spacial score (nSPS) is 15.1. The van der Waals surface area contributed by atoms with Crippen molar-refractivity contribution in [1.29, 1.82) is 0 Å². The summed E-state index contributed by atoms with van der Waals surface area (Å²) in [7, 11) is 0. The number of benzene rings is 2. The van der Waals surface area contributed by atoms with E-state index in [4.69, 9.17) is 5.21 Å². The highest BCUT2D eigenvalue weighted by Crippen LogP contribution is 2.33. The van der Waals surface area contributed by atoms with Gasteiger partial charge in [0.2, 0.25) is 0 Å². The number of amides is 1. The van der Waals surface area contributed by atoms with Crippen molar-refractivity contribution in [3.05, 3.63) is 69.5 Å². The van der Waals surface area contributed by atoms with Crippen LogP contribution in [0.4, 0.5) is 15.8 Å². The van der Waals surface area contributed by atoms with Gasteiger partial charge in [0.15, 0.2) is 5.71 Å². The SMILES string of the molecule is O=C1/C(=N\O)c2cc([N+](=O)[O-])ccc2N1Cc1cccc(F)c1. The predicted molar refractivity (Wildman–Crippen MR) is 79.0 cm³/mol. The lowest BCUT2D eigenvalue weighted by Crippen LogP contribution is -2.29. The zero-order valence-electron chi connectivity index (χ0n) is 11.6. The number of nitro benzene ring substituents is 1. The van der Waals surface area contributed by atoms with Gasteiger partial charge in [-0.3, -0.25) is 14.9 Å². The number of hydrogen-bond donors (Lipinski definition) is 1. The number of carbonyl (C=O) groups is 1. The van der Waals surface area contributed by atoms with Gasteiger partial charge in [-0.15, -0.1) is 0 Å². The molecule has 0 saturated heterocycles. The maximum atomic E-state index is 13.3. The second-order valence-corrected chi connectivity index (χ2v) is 4.93. The van der Waals surface area contributed by atoms with Crippen LogP contribution in [0.2, 0.25) is 0 Å². The van der Waals surface area contributed by atoms with Crippen molar-refractivity contribution in [1.82, 2.24) is 0 Å². The molecule has 1 N–H and O–H groups in total. The van der Waals surface area contributed by atoms with E-state index in [0.717, 1.165) is 0 Å². The van der Waals surface area contributed by atoms with Crippen LogP contribution in [0.3, 0.4) is 0 Å². The van der Waals surface area contributed by atoms with E-state index in [1.807, 2.05) is 0 Å². The van der Waals surface area contributed by atoms with Crippen LogP contribution in [-0.2, 0) is 11.3 Å². The summed E-state index contributed by atoms with van der Waals surface area (Å²) >= 11 is 0. The van der Waals surface area contributed by atoms with E-state index in [2.05, 4.69) is 5.16 Å². The lowest BCUT2D eigenvalue weighted by atomic mass is 10.1. The fourth-order valence-electron chi connectivity index (χ4n) is 2.49. The summed E-state index contributed by atoms with van der Waals surface area (Å²) in [4.78, 5) is 23.9. The first-order chi connectivity index (χ1) is 11.0. The molecule has 116 valence electrons. The summed E-state index contributed by atoms with van der Waals surface area (Å²) < 4.78 is 13.3. The Hall–Kier alpha value is -3.29. The summed E-state index contributed by atoms with van der Waals surface area (Å²) in [5, 5.41) is 22.9. The molecule has 0 saturated carbocycles. The van der Waals surface area contributed by atoms with Crippen molar-refractivity contribution < 1.29 is 19.3 Å². The average Bonchev–Trinajstić information content (AvgIpc) is 2.78. The monoisotopic (exact) mass is 315 g/mol. The summed E-state index contributed by atoms with van der Waals surface area (Å²) in [6.07, 6.45) is 0. The second-order valence-electron chi connectivity index (χ2n) is 4.93. The first kappa shape index (κ1) is 14.6. The van der Waals surface area contributed by atoms with Crippen LogP contribution in [-0.4, -0.2) is 21.7 Å². The number of carbonyl (C=O) groups excluding carboxylic acids is 1. The van der Waals surface area contributed by atoms with Gasteiger partial charge in [0.25, 0.3) is 11.6 Å². The van der Waals surface area contributed by atoms with Crippen molar-refractivity contribution in [3.63, 3.8) is 0 Å². The molecular formula is C15H10FN3O4. The van der Waals surface area contributed by atoms with Crippen LogP contribution in [0.15, 0.2) is 47.6 Å². The Morgan fingerprint density at radius 1 is 1.26 bits per heavy atom. The maximum absolute atomic E-state index is 13.3. The first-order valence-corrected chi connectivity index (χ1v) is 6.58. The smallest absolute Gasteiger partial charge is 0.281 e. The van der Waals surface area contributed by atoms with Gasteiger partial charge in [-0.1, -0.05) is 17.3 Å². The highest BCUT2D eigenvalue weighted by molar-refractivity contribution is 6.54. The lowest BCUT2D eigenvalue weighted by molar-refractivity contribution is -0.384. The van der Waals surface area contributed by atoms with Gasteiger partial charge in [0, 0.05) is 17.7 Å². The molecule has 2 aromatic carbocycles. The Labute approximate surface area is 129 Å². The molecule has 0 aliphatic carbocycles. The minimum atomic E-state index is -0.604. The molecule has 1 amide bonds. The van der Waals surface area contributed by atoms with Crippen LogP contribution < -0.4 is 4.90 Å². The largest absolute Gasteiger partial charge is 0.410 e. The van der Waals surface area contributed by atoms with Crippen LogP contribution in [0.25, 0.3) is 0 Å². The topological polar surface area (TPSA) is 96.0 Å². The number of oxime groups is 1. The van der Waals surface area contributed by atoms with Crippen LogP contribution in [0.5, 0.6) is 0 Å². The average molecular weight is 315 g/mol. The molecule has 2 aromatic rings. The number of fused-ring (bicyclic) bond motifs is 1. The van der Waals surface area contributed by atoms with Gasteiger partial charge in [-0.25, -0.2) is 4.39 Å². The molecule has 23 heavy (non-hydrogen) atoms. The lowest BCUT2D eigenvalue weighted by Gasteiger charge is -2.16. The first-order valence-electron chi connectivity index (χ1n) is 6.58. The molecule has 7 nitrogen and oxygen atoms in total. The molecule has 0 aromatic heterocycles. The number of anilines is 1. The van der Waals surface area contributed by atoms with E-state index in [9.17, 15) is 19.3 Å². The summed E-state index contributed by atoms with van der Waals surface area (Å²) in [6, 6.07) is 9.57. The summed E-state index contributed by atoms with van der Waals surface area (Å²) in [5.74, 6) is -1.04. The highest BCUT2D eigenvalue weighted by atomic mass is 19.1. The molecule has 0 radical (unpaired) electrons. The third-order valence-corrected chi connectivity index (χ3v) is 3.51. The van der Waals surface area contributed by atoms with Gasteiger partial charge in [0.05, 0.1) is 17.2 Å². The summed E-state index contributed by atoms with van der Waals surface area (Å²) in [6.45, 7) is 0.0560. The van der Waals surface area contributed by atoms with E-state index in [1.165, 1.54) is 41.3 Å². The standard InChI is InChI=1S/C15H10FN3O4/c16-10-3-1-2-9(6-10)8-18-13-5-4-11(19(22)23)7-12(13)14(17-21)15(18)20/h1-7,21H,8H2/b17-14-. The third-order valence-electron chi connectivity index (χ3n) is 3.51. The molecular weight excluding hydrogens is 305 g/mol. The van der Waals surface area contributed by atoms with E-state index in [0.29, 0.717) is 11.3 Å². The van der Waals surface area contributed by atoms with Crippen molar-refractivity contribution in [2.75, 3.05) is 4.90 Å². The van der Waals surface area contributed by atoms with Crippen molar-refractivity contribution in [3.8, 4) is 0 Å². The van der Waals surface area contributed by atoms with Gasteiger partial charge in [0.1, 0.15) is 5.82 Å². The Kier molecular flexibility index (Phi) is 3.49. The molecule has 8 heteroatoms. The van der Waals surface area contributed by atoms with Gasteiger partial charge in [-0.2, -0.15) is 0 Å². The molecule has 1 heterocycles. The van der Waals surface area contributed by atoms with Crippen molar-refractivity contribution in [2.45, 2.75) is 6.54 Å². The Balaban J connectivity index is 2.04. The fourth-order valence-corrected chi connectivity index (χ4v) is 2.49. The number of nitro groups is 1. The number of hydrogen-bond acceptors (Lipinski definition) is 5. The molecule has 1 aliphatic heterocycles. The van der Waals surface area contributed by atoms with Crippen molar-refractivity contribution >= 4 is 23.0 Å². The maximum Gasteiger partial charge on any atom is 0.281 e. The fraction of sp³-hybridized carbons (Fsp3) is 0.0667. The zero-order chi connectivity index (χ0) is 16.6. The molecule has 0 spiro atoms. The Bertz CT molecular complexity index is 850.